The Morgan fingerprint density at radius 2 is 2.05 bits per heavy atom. The van der Waals surface area contributed by atoms with Gasteiger partial charge in [0.2, 0.25) is 0 Å². The Hall–Kier alpha value is -0.820. The van der Waals surface area contributed by atoms with E-state index in [2.05, 4.69) is 45.6 Å². The van der Waals surface area contributed by atoms with Crippen LogP contribution in [0, 0.1) is 35.0 Å². The first-order valence-corrected chi connectivity index (χ1v) is 9.23. The van der Waals surface area contributed by atoms with Crippen LogP contribution < -0.4 is 5.73 Å². The van der Waals surface area contributed by atoms with Crippen molar-refractivity contribution >= 4 is 0 Å². The van der Waals surface area contributed by atoms with Gasteiger partial charge in [0.1, 0.15) is 0 Å². The van der Waals surface area contributed by atoms with Gasteiger partial charge in [-0.3, -0.25) is 0 Å². The van der Waals surface area contributed by atoms with Crippen LogP contribution >= 0.6 is 0 Å². The minimum absolute atomic E-state index is 0.0438. The summed E-state index contributed by atoms with van der Waals surface area (Å²) in [6.07, 6.45) is 13.4. The number of fused-ring (bicyclic) bond motifs is 5. The van der Waals surface area contributed by atoms with Crippen molar-refractivity contribution in [3.8, 4) is 0 Å². The highest BCUT2D eigenvalue weighted by atomic mass is 14.9. The zero-order chi connectivity index (χ0) is 15.7. The number of hydrogen-bond donors (Lipinski definition) is 1. The molecule has 0 radical (unpaired) electrons. The van der Waals surface area contributed by atoms with Crippen molar-refractivity contribution in [1.29, 1.82) is 0 Å². The van der Waals surface area contributed by atoms with E-state index in [1.807, 2.05) is 0 Å². The van der Waals surface area contributed by atoms with Crippen LogP contribution in [0.15, 0.2) is 36.0 Å². The summed E-state index contributed by atoms with van der Waals surface area (Å²) < 4.78 is 0. The molecule has 1 heteroatoms. The fourth-order valence-electron chi connectivity index (χ4n) is 6.94. The third-order valence-corrected chi connectivity index (χ3v) is 8.00. The molecule has 1 nitrogen and oxygen atoms in total. The molecule has 0 aromatic rings. The summed E-state index contributed by atoms with van der Waals surface area (Å²) in [6.45, 7) is 11.6. The Labute approximate surface area is 135 Å². The molecule has 3 saturated carbocycles. The van der Waals surface area contributed by atoms with Gasteiger partial charge < -0.3 is 5.73 Å². The standard InChI is InChI=1S/C21H31N/c1-13-5-7-17-16(11-13)9-10-21(22)18-8-6-15(3)20(18,4)12-14(2)19(17)21/h5,7,11,14-15,17-19H,1,6,8-10,12,22H2,2-4H3. The van der Waals surface area contributed by atoms with Gasteiger partial charge in [-0.15, -0.1) is 0 Å². The van der Waals surface area contributed by atoms with Crippen LogP contribution in [0.1, 0.15) is 52.9 Å². The lowest BCUT2D eigenvalue weighted by Gasteiger charge is -2.61. The molecule has 2 N–H and O–H groups in total. The summed E-state index contributed by atoms with van der Waals surface area (Å²) in [5.41, 5.74) is 10.5. The lowest BCUT2D eigenvalue weighted by Crippen LogP contribution is -2.66. The van der Waals surface area contributed by atoms with Crippen molar-refractivity contribution in [3.63, 3.8) is 0 Å². The molecule has 4 rings (SSSR count). The summed E-state index contributed by atoms with van der Waals surface area (Å²) in [5.74, 6) is 3.47. The zero-order valence-corrected chi connectivity index (χ0v) is 14.4. The normalized spacial score (nSPS) is 53.5. The lowest BCUT2D eigenvalue weighted by atomic mass is 9.46. The second kappa shape index (κ2) is 4.60. The van der Waals surface area contributed by atoms with Gasteiger partial charge in [-0.1, -0.05) is 51.2 Å². The van der Waals surface area contributed by atoms with E-state index < -0.39 is 0 Å². The number of rotatable bonds is 0. The average Bonchev–Trinajstić information content (AvgIpc) is 2.75. The number of hydrogen-bond acceptors (Lipinski definition) is 1. The monoisotopic (exact) mass is 297 g/mol. The van der Waals surface area contributed by atoms with E-state index in [4.69, 9.17) is 5.73 Å². The summed E-state index contributed by atoms with van der Waals surface area (Å²) in [6, 6.07) is 0. The van der Waals surface area contributed by atoms with E-state index in [0.29, 0.717) is 17.3 Å². The predicted octanol–water partition coefficient (Wildman–Crippen LogP) is 4.85. The zero-order valence-electron chi connectivity index (χ0n) is 14.4. The lowest BCUT2D eigenvalue weighted by molar-refractivity contribution is -0.0635. The molecule has 3 fully saturated rings. The largest absolute Gasteiger partial charge is 0.325 e. The third-order valence-electron chi connectivity index (χ3n) is 8.00. The van der Waals surface area contributed by atoms with Crippen LogP contribution in [0.3, 0.4) is 0 Å². The Morgan fingerprint density at radius 1 is 1.27 bits per heavy atom. The topological polar surface area (TPSA) is 26.0 Å². The molecule has 0 aliphatic heterocycles. The Bertz CT molecular complexity index is 570. The van der Waals surface area contributed by atoms with Crippen molar-refractivity contribution in [2.45, 2.75) is 58.4 Å². The van der Waals surface area contributed by atoms with Gasteiger partial charge in [-0.05, 0) is 66.8 Å². The highest BCUT2D eigenvalue weighted by molar-refractivity contribution is 5.41. The molecule has 0 saturated heterocycles. The SMILES string of the molecule is C=C1C=CC2C(=C1)CCC1(N)C2C(C)CC2(C)C(C)CCC21. The van der Waals surface area contributed by atoms with Gasteiger partial charge in [0.25, 0.3) is 0 Å². The first-order valence-electron chi connectivity index (χ1n) is 9.23. The van der Waals surface area contributed by atoms with Gasteiger partial charge in [0.05, 0.1) is 0 Å². The molecular weight excluding hydrogens is 266 g/mol. The molecule has 0 heterocycles. The summed E-state index contributed by atoms with van der Waals surface area (Å²) >= 11 is 0. The van der Waals surface area contributed by atoms with Crippen LogP contribution in [0.4, 0.5) is 0 Å². The molecule has 0 aromatic carbocycles. The van der Waals surface area contributed by atoms with Crippen LogP contribution in [0.2, 0.25) is 0 Å². The quantitative estimate of drug-likeness (QED) is 0.679. The van der Waals surface area contributed by atoms with Crippen LogP contribution in [0.25, 0.3) is 0 Å². The van der Waals surface area contributed by atoms with Gasteiger partial charge >= 0.3 is 0 Å². The van der Waals surface area contributed by atoms with E-state index >= 15 is 0 Å². The first kappa shape index (κ1) is 14.8. The second-order valence-corrected chi connectivity index (χ2v) is 9.04. The number of allylic oxidation sites excluding steroid dienone is 5. The maximum Gasteiger partial charge on any atom is 0.0231 e. The highest BCUT2D eigenvalue weighted by Crippen LogP contribution is 2.65. The van der Waals surface area contributed by atoms with Gasteiger partial charge in [-0.2, -0.15) is 0 Å². The van der Waals surface area contributed by atoms with Gasteiger partial charge in [0.15, 0.2) is 0 Å². The summed E-state index contributed by atoms with van der Waals surface area (Å²) in [7, 11) is 0. The van der Waals surface area contributed by atoms with Crippen molar-refractivity contribution in [3.05, 3.63) is 36.0 Å². The molecule has 0 spiro atoms. The average molecular weight is 297 g/mol. The maximum absolute atomic E-state index is 7.25. The van der Waals surface area contributed by atoms with Crippen molar-refractivity contribution in [2.75, 3.05) is 0 Å². The highest BCUT2D eigenvalue weighted by Gasteiger charge is 2.62. The van der Waals surface area contributed by atoms with Gasteiger partial charge in [-0.25, -0.2) is 0 Å². The van der Waals surface area contributed by atoms with Crippen LogP contribution in [-0.4, -0.2) is 5.54 Å². The van der Waals surface area contributed by atoms with Crippen LogP contribution in [0.5, 0.6) is 0 Å². The molecule has 7 atom stereocenters. The molecular formula is C21H31N. The Kier molecular flexibility index (Phi) is 3.08. The summed E-state index contributed by atoms with van der Waals surface area (Å²) in [4.78, 5) is 0. The maximum atomic E-state index is 7.25. The fourth-order valence-corrected chi connectivity index (χ4v) is 6.94. The van der Waals surface area contributed by atoms with Gasteiger partial charge in [0, 0.05) is 11.5 Å². The predicted molar refractivity (Wildman–Crippen MR) is 93.3 cm³/mol. The van der Waals surface area contributed by atoms with Crippen molar-refractivity contribution < 1.29 is 0 Å². The Balaban J connectivity index is 1.77. The van der Waals surface area contributed by atoms with Crippen LogP contribution in [-0.2, 0) is 0 Å². The molecule has 0 amide bonds. The smallest absolute Gasteiger partial charge is 0.0231 e. The minimum Gasteiger partial charge on any atom is -0.325 e. The van der Waals surface area contributed by atoms with E-state index in [-0.39, 0.29) is 5.54 Å². The first-order chi connectivity index (χ1) is 10.4. The summed E-state index contributed by atoms with van der Waals surface area (Å²) in [5, 5.41) is 0. The molecule has 0 aromatic heterocycles. The van der Waals surface area contributed by atoms with Crippen molar-refractivity contribution in [1.82, 2.24) is 0 Å². The van der Waals surface area contributed by atoms with E-state index in [9.17, 15) is 0 Å². The molecule has 0 bridgehead atoms. The number of nitrogens with two attached hydrogens (primary N) is 1. The van der Waals surface area contributed by atoms with E-state index in [0.717, 1.165) is 17.8 Å². The molecule has 120 valence electrons. The molecule has 22 heavy (non-hydrogen) atoms. The van der Waals surface area contributed by atoms with E-state index in [1.54, 1.807) is 5.57 Å². The third kappa shape index (κ3) is 1.75. The minimum atomic E-state index is 0.0438. The fraction of sp³-hybridized carbons (Fsp3) is 0.714. The molecule has 4 aliphatic carbocycles. The van der Waals surface area contributed by atoms with E-state index in [1.165, 1.54) is 37.7 Å². The molecule has 4 aliphatic rings. The van der Waals surface area contributed by atoms with Crippen molar-refractivity contribution in [2.24, 2.45) is 40.7 Å². The molecule has 7 unspecified atom stereocenters. The second-order valence-electron chi connectivity index (χ2n) is 9.04. The Morgan fingerprint density at radius 3 is 2.82 bits per heavy atom.